The number of aromatic hydroxyl groups is 1. The summed E-state index contributed by atoms with van der Waals surface area (Å²) in [5.41, 5.74) is 9.25. The highest BCUT2D eigenvalue weighted by Crippen LogP contribution is 2.36. The number of benzene rings is 4. The molecule has 0 aromatic heterocycles. The number of fused-ring (bicyclic) bond motifs is 2. The number of phenolic OH excluding ortho intramolecular Hbond substituents is 1. The number of aryl methyl sites for hydroxylation is 1. The Morgan fingerprint density at radius 2 is 1.36 bits per heavy atom. The summed E-state index contributed by atoms with van der Waals surface area (Å²) in [5.74, 6) is 0.255. The number of nitrogens with zero attached hydrogens (tertiary/aromatic N) is 2. The number of hydrogen-bond acceptors (Lipinski definition) is 4. The molecule has 0 saturated heterocycles. The first kappa shape index (κ1) is 15.1. The van der Waals surface area contributed by atoms with Crippen molar-refractivity contribution in [1.82, 2.24) is 0 Å². The fourth-order valence-electron chi connectivity index (χ4n) is 3.14. The maximum atomic E-state index is 10.1. The molecule has 4 rings (SSSR count). The van der Waals surface area contributed by atoms with E-state index in [1.54, 1.807) is 12.1 Å². The summed E-state index contributed by atoms with van der Waals surface area (Å²) < 4.78 is 0. The first-order valence-electron chi connectivity index (χ1n) is 8.05. The van der Waals surface area contributed by atoms with Crippen LogP contribution in [0.1, 0.15) is 5.56 Å². The molecule has 0 aliphatic carbocycles. The van der Waals surface area contributed by atoms with Crippen LogP contribution in [-0.4, -0.2) is 5.11 Å². The Balaban J connectivity index is 1.87. The van der Waals surface area contributed by atoms with Crippen molar-refractivity contribution in [1.29, 1.82) is 0 Å². The molecule has 25 heavy (non-hydrogen) atoms. The van der Waals surface area contributed by atoms with Crippen molar-refractivity contribution in [3.8, 4) is 5.75 Å². The summed E-state index contributed by atoms with van der Waals surface area (Å²) in [5, 5.41) is 22.6. The lowest BCUT2D eigenvalue weighted by Gasteiger charge is -2.07. The molecular weight excluding hydrogens is 310 g/mol. The fraction of sp³-hybridized carbons (Fsp3) is 0.0476. The summed E-state index contributed by atoms with van der Waals surface area (Å²) in [6.07, 6.45) is 0. The van der Waals surface area contributed by atoms with Crippen LogP contribution >= 0.6 is 0 Å². The van der Waals surface area contributed by atoms with E-state index in [2.05, 4.69) is 10.2 Å². The predicted molar refractivity (Wildman–Crippen MR) is 103 cm³/mol. The van der Waals surface area contributed by atoms with Crippen molar-refractivity contribution in [2.24, 2.45) is 10.2 Å². The van der Waals surface area contributed by atoms with E-state index in [9.17, 15) is 5.11 Å². The maximum absolute atomic E-state index is 10.1. The largest absolute Gasteiger partial charge is 0.507 e. The standard InChI is InChI=1S/C21H17N3O/c1-13-5-4-8-16-19(11-12-20(25)21(13)16)24-23-18-10-9-17(22)14-6-2-3-7-15(14)18/h2-12,25H,22H2,1H3. The lowest BCUT2D eigenvalue weighted by molar-refractivity contribution is 0.481. The average molecular weight is 327 g/mol. The molecule has 0 aliphatic rings. The number of nitrogens with two attached hydrogens (primary N) is 1. The van der Waals surface area contributed by atoms with E-state index in [-0.39, 0.29) is 5.75 Å². The zero-order valence-electron chi connectivity index (χ0n) is 13.8. The van der Waals surface area contributed by atoms with E-state index in [1.807, 2.05) is 61.5 Å². The third-order valence-electron chi connectivity index (χ3n) is 4.40. The number of anilines is 1. The fourth-order valence-corrected chi connectivity index (χ4v) is 3.14. The van der Waals surface area contributed by atoms with Gasteiger partial charge in [-0.3, -0.25) is 0 Å². The van der Waals surface area contributed by atoms with Crippen molar-refractivity contribution in [2.75, 3.05) is 5.73 Å². The molecule has 4 aromatic carbocycles. The molecule has 4 heteroatoms. The van der Waals surface area contributed by atoms with E-state index in [1.165, 1.54) is 0 Å². The van der Waals surface area contributed by atoms with Crippen molar-refractivity contribution in [2.45, 2.75) is 6.92 Å². The molecule has 0 spiro atoms. The van der Waals surface area contributed by atoms with Gasteiger partial charge >= 0.3 is 0 Å². The van der Waals surface area contributed by atoms with Gasteiger partial charge in [0.05, 0.1) is 11.4 Å². The van der Waals surface area contributed by atoms with Crippen LogP contribution < -0.4 is 5.73 Å². The molecule has 0 heterocycles. The molecule has 0 amide bonds. The number of nitrogen functional groups attached to an aromatic ring is 1. The minimum absolute atomic E-state index is 0.255. The zero-order valence-corrected chi connectivity index (χ0v) is 13.8. The molecule has 0 atom stereocenters. The van der Waals surface area contributed by atoms with E-state index in [0.29, 0.717) is 0 Å². The minimum atomic E-state index is 0.255. The SMILES string of the molecule is Cc1cccc2c(N=Nc3ccc(N)c4ccccc34)ccc(O)c12. The average Bonchev–Trinajstić information content (AvgIpc) is 2.63. The summed E-state index contributed by atoms with van der Waals surface area (Å²) in [6, 6.07) is 20.9. The Morgan fingerprint density at radius 3 is 2.16 bits per heavy atom. The second-order valence-corrected chi connectivity index (χ2v) is 6.02. The molecule has 0 saturated carbocycles. The van der Waals surface area contributed by atoms with Gasteiger partial charge in [0.2, 0.25) is 0 Å². The number of hydrogen-bond donors (Lipinski definition) is 2. The first-order chi connectivity index (χ1) is 12.1. The highest BCUT2D eigenvalue weighted by Gasteiger charge is 2.08. The highest BCUT2D eigenvalue weighted by molar-refractivity contribution is 6.00. The van der Waals surface area contributed by atoms with Crippen molar-refractivity contribution in [3.63, 3.8) is 0 Å². The molecule has 0 bridgehead atoms. The first-order valence-corrected chi connectivity index (χ1v) is 8.05. The smallest absolute Gasteiger partial charge is 0.123 e. The van der Waals surface area contributed by atoms with Gasteiger partial charge in [-0.15, -0.1) is 10.2 Å². The van der Waals surface area contributed by atoms with Crippen LogP contribution in [0.15, 0.2) is 77.0 Å². The summed E-state index contributed by atoms with van der Waals surface area (Å²) in [7, 11) is 0. The van der Waals surface area contributed by atoms with Gasteiger partial charge in [0.25, 0.3) is 0 Å². The van der Waals surface area contributed by atoms with Gasteiger partial charge in [-0.05, 0) is 36.8 Å². The molecule has 3 N–H and O–H groups in total. The quantitative estimate of drug-likeness (QED) is 0.350. The molecule has 122 valence electrons. The maximum Gasteiger partial charge on any atom is 0.123 e. The lowest BCUT2D eigenvalue weighted by atomic mass is 10.0. The van der Waals surface area contributed by atoms with Gasteiger partial charge in [0, 0.05) is 27.2 Å². The van der Waals surface area contributed by atoms with E-state index in [4.69, 9.17) is 5.73 Å². The minimum Gasteiger partial charge on any atom is -0.507 e. The number of phenols is 1. The monoisotopic (exact) mass is 327 g/mol. The van der Waals surface area contributed by atoms with Crippen LogP contribution in [0.3, 0.4) is 0 Å². The molecular formula is C21H17N3O. The third kappa shape index (κ3) is 2.58. The Hall–Kier alpha value is -3.40. The van der Waals surface area contributed by atoms with Crippen molar-refractivity contribution >= 4 is 38.6 Å². The molecule has 4 nitrogen and oxygen atoms in total. The summed E-state index contributed by atoms with van der Waals surface area (Å²) >= 11 is 0. The van der Waals surface area contributed by atoms with E-state index < -0.39 is 0 Å². The van der Waals surface area contributed by atoms with Crippen LogP contribution in [0.4, 0.5) is 17.1 Å². The van der Waals surface area contributed by atoms with Gasteiger partial charge < -0.3 is 10.8 Å². The Bertz CT molecular complexity index is 1120. The normalized spacial score (nSPS) is 11.6. The van der Waals surface area contributed by atoms with Crippen LogP contribution in [0.2, 0.25) is 0 Å². The van der Waals surface area contributed by atoms with Crippen LogP contribution in [0, 0.1) is 6.92 Å². The molecule has 0 radical (unpaired) electrons. The van der Waals surface area contributed by atoms with Crippen molar-refractivity contribution < 1.29 is 5.11 Å². The van der Waals surface area contributed by atoms with Gasteiger partial charge in [-0.25, -0.2) is 0 Å². The Morgan fingerprint density at radius 1 is 0.720 bits per heavy atom. The predicted octanol–water partition coefficient (Wildman–Crippen LogP) is 6.00. The molecule has 0 unspecified atom stereocenters. The zero-order chi connectivity index (χ0) is 17.4. The van der Waals surface area contributed by atoms with Crippen LogP contribution in [0.25, 0.3) is 21.5 Å². The second kappa shape index (κ2) is 5.91. The van der Waals surface area contributed by atoms with Gasteiger partial charge in [0.15, 0.2) is 0 Å². The van der Waals surface area contributed by atoms with Gasteiger partial charge in [-0.1, -0.05) is 42.5 Å². The Labute approximate surface area is 145 Å². The molecule has 4 aromatic rings. The van der Waals surface area contributed by atoms with E-state index in [0.717, 1.165) is 44.2 Å². The number of azo groups is 1. The van der Waals surface area contributed by atoms with Gasteiger partial charge in [-0.2, -0.15) is 0 Å². The van der Waals surface area contributed by atoms with E-state index >= 15 is 0 Å². The molecule has 0 aliphatic heterocycles. The summed E-state index contributed by atoms with van der Waals surface area (Å²) in [4.78, 5) is 0. The highest BCUT2D eigenvalue weighted by atomic mass is 16.3. The van der Waals surface area contributed by atoms with Crippen LogP contribution in [-0.2, 0) is 0 Å². The molecule has 0 fully saturated rings. The van der Waals surface area contributed by atoms with Crippen molar-refractivity contribution in [3.05, 3.63) is 72.3 Å². The lowest BCUT2D eigenvalue weighted by Crippen LogP contribution is -1.86. The van der Waals surface area contributed by atoms with Crippen LogP contribution in [0.5, 0.6) is 5.75 Å². The third-order valence-corrected chi connectivity index (χ3v) is 4.40. The summed E-state index contributed by atoms with van der Waals surface area (Å²) in [6.45, 7) is 1.97. The topological polar surface area (TPSA) is 71.0 Å². The second-order valence-electron chi connectivity index (χ2n) is 6.02. The Kier molecular flexibility index (Phi) is 3.58. The van der Waals surface area contributed by atoms with Gasteiger partial charge in [0.1, 0.15) is 5.75 Å². The number of rotatable bonds is 2.